The van der Waals surface area contributed by atoms with Gasteiger partial charge in [-0.15, -0.1) is 24.0 Å². The Labute approximate surface area is 171 Å². The summed E-state index contributed by atoms with van der Waals surface area (Å²) in [6.07, 6.45) is 0.406. The smallest absolute Gasteiger partial charge is 0.269 e. The molecule has 0 unspecified atom stereocenters. The Hall–Kier alpha value is -1.91. The van der Waals surface area contributed by atoms with Crippen molar-refractivity contribution >= 4 is 41.5 Å². The van der Waals surface area contributed by atoms with E-state index in [-0.39, 0.29) is 35.6 Å². The number of nitro benzene ring substituents is 1. The quantitative estimate of drug-likeness (QED) is 0.187. The van der Waals surface area contributed by atoms with Gasteiger partial charge in [-0.3, -0.25) is 14.9 Å². The molecule has 0 aromatic heterocycles. The molecule has 9 heteroatoms. The Morgan fingerprint density at radius 1 is 1.15 bits per heavy atom. The molecule has 0 atom stereocenters. The molecule has 0 radical (unpaired) electrons. The molecule has 0 saturated carbocycles. The lowest BCUT2D eigenvalue weighted by Crippen LogP contribution is -2.40. The first-order chi connectivity index (χ1) is 12.0. The number of halogens is 1. The second kappa shape index (κ2) is 13.3. The fourth-order valence-electron chi connectivity index (χ4n) is 2.26. The molecule has 0 fully saturated rings. The van der Waals surface area contributed by atoms with E-state index in [9.17, 15) is 14.9 Å². The van der Waals surface area contributed by atoms with E-state index in [1.807, 2.05) is 20.8 Å². The summed E-state index contributed by atoms with van der Waals surface area (Å²) in [5.74, 6) is 0.733. The van der Waals surface area contributed by atoms with Crippen LogP contribution in [0.3, 0.4) is 0 Å². The van der Waals surface area contributed by atoms with Crippen LogP contribution in [0.2, 0.25) is 0 Å². The molecule has 26 heavy (non-hydrogen) atoms. The Kier molecular flexibility index (Phi) is 12.3. The maximum absolute atomic E-state index is 12.0. The van der Waals surface area contributed by atoms with Gasteiger partial charge in [-0.25, -0.2) is 4.99 Å². The highest BCUT2D eigenvalue weighted by atomic mass is 127. The molecule has 0 aliphatic rings. The monoisotopic (exact) mass is 477 g/mol. The van der Waals surface area contributed by atoms with Crippen LogP contribution in [0.4, 0.5) is 5.69 Å². The average molecular weight is 477 g/mol. The van der Waals surface area contributed by atoms with E-state index in [4.69, 9.17) is 0 Å². The minimum atomic E-state index is -0.425. The standard InChI is InChI=1S/C17H27N5O3.HI/c1-4-18-17(19-12-11-16(23)21(5-2)6-3)20-13-14-7-9-15(10-8-14)22(24)25;/h7-10H,4-6,11-13H2,1-3H3,(H2,18,19,20);1H. The molecule has 1 aromatic rings. The summed E-state index contributed by atoms with van der Waals surface area (Å²) < 4.78 is 0. The molecule has 1 rings (SSSR count). The van der Waals surface area contributed by atoms with Crippen molar-refractivity contribution < 1.29 is 9.72 Å². The molecule has 8 nitrogen and oxygen atoms in total. The van der Waals surface area contributed by atoms with Crippen LogP contribution in [-0.2, 0) is 11.3 Å². The number of nitrogens with zero attached hydrogens (tertiary/aromatic N) is 3. The first-order valence-electron chi connectivity index (χ1n) is 8.55. The Bertz CT molecular complexity index is 589. The van der Waals surface area contributed by atoms with Gasteiger partial charge in [0, 0.05) is 44.7 Å². The Morgan fingerprint density at radius 2 is 1.77 bits per heavy atom. The van der Waals surface area contributed by atoms with Crippen LogP contribution >= 0.6 is 24.0 Å². The van der Waals surface area contributed by atoms with Crippen molar-refractivity contribution in [3.63, 3.8) is 0 Å². The van der Waals surface area contributed by atoms with E-state index in [2.05, 4.69) is 15.6 Å². The Morgan fingerprint density at radius 3 is 2.27 bits per heavy atom. The molecule has 0 saturated heterocycles. The molecule has 0 heterocycles. The van der Waals surface area contributed by atoms with Crippen LogP contribution in [0.15, 0.2) is 29.3 Å². The van der Waals surface area contributed by atoms with Crippen LogP contribution in [0, 0.1) is 10.1 Å². The summed E-state index contributed by atoms with van der Waals surface area (Å²) in [6, 6.07) is 6.31. The van der Waals surface area contributed by atoms with E-state index in [1.54, 1.807) is 17.0 Å². The van der Waals surface area contributed by atoms with Gasteiger partial charge in [0.05, 0.1) is 11.5 Å². The lowest BCUT2D eigenvalue weighted by Gasteiger charge is -2.19. The first kappa shape index (κ1) is 24.1. The SMILES string of the molecule is CCNC(=NCc1ccc([N+](=O)[O-])cc1)NCCC(=O)N(CC)CC.I. The summed E-state index contributed by atoms with van der Waals surface area (Å²) in [5, 5.41) is 16.9. The van der Waals surface area contributed by atoms with Crippen molar-refractivity contribution in [1.82, 2.24) is 15.5 Å². The maximum Gasteiger partial charge on any atom is 0.269 e. The van der Waals surface area contributed by atoms with Gasteiger partial charge in [-0.05, 0) is 26.3 Å². The van der Waals surface area contributed by atoms with Gasteiger partial charge in [0.15, 0.2) is 5.96 Å². The topological polar surface area (TPSA) is 99.9 Å². The number of non-ortho nitro benzene ring substituents is 1. The van der Waals surface area contributed by atoms with Crippen molar-refractivity contribution in [2.24, 2.45) is 4.99 Å². The molecule has 1 amide bonds. The number of aliphatic imine (C=N–C) groups is 1. The first-order valence-corrected chi connectivity index (χ1v) is 8.55. The fourth-order valence-corrected chi connectivity index (χ4v) is 2.26. The molecule has 0 aliphatic carbocycles. The third-order valence-corrected chi connectivity index (χ3v) is 3.66. The minimum Gasteiger partial charge on any atom is -0.357 e. The van der Waals surface area contributed by atoms with E-state index >= 15 is 0 Å². The van der Waals surface area contributed by atoms with Crippen LogP contribution in [0.25, 0.3) is 0 Å². The molecule has 146 valence electrons. The van der Waals surface area contributed by atoms with E-state index in [0.717, 1.165) is 5.56 Å². The van der Waals surface area contributed by atoms with Crippen LogP contribution in [0.5, 0.6) is 0 Å². The van der Waals surface area contributed by atoms with E-state index in [1.165, 1.54) is 12.1 Å². The highest BCUT2D eigenvalue weighted by molar-refractivity contribution is 14.0. The number of rotatable bonds is 9. The number of amides is 1. The summed E-state index contributed by atoms with van der Waals surface area (Å²) in [6.45, 7) is 8.92. The second-order valence-corrected chi connectivity index (χ2v) is 5.36. The minimum absolute atomic E-state index is 0. The number of hydrogen-bond acceptors (Lipinski definition) is 4. The van der Waals surface area contributed by atoms with Gasteiger partial charge < -0.3 is 15.5 Å². The maximum atomic E-state index is 12.0. The number of carbonyl (C=O) groups is 1. The average Bonchev–Trinajstić information content (AvgIpc) is 2.61. The van der Waals surface area contributed by atoms with Gasteiger partial charge in [0.1, 0.15) is 0 Å². The lowest BCUT2D eigenvalue weighted by atomic mass is 10.2. The number of carbonyl (C=O) groups excluding carboxylic acids is 1. The van der Waals surface area contributed by atoms with Gasteiger partial charge in [0.2, 0.25) is 5.91 Å². The number of nitro groups is 1. The molecule has 0 spiro atoms. The summed E-state index contributed by atoms with van der Waals surface area (Å²) in [7, 11) is 0. The van der Waals surface area contributed by atoms with Crippen LogP contribution < -0.4 is 10.6 Å². The molecule has 0 aliphatic heterocycles. The molecular weight excluding hydrogens is 449 g/mol. The summed E-state index contributed by atoms with van der Waals surface area (Å²) in [4.78, 5) is 28.4. The zero-order chi connectivity index (χ0) is 18.7. The van der Waals surface area contributed by atoms with Crippen molar-refractivity contribution in [3.05, 3.63) is 39.9 Å². The molecule has 2 N–H and O–H groups in total. The van der Waals surface area contributed by atoms with Gasteiger partial charge in [-0.1, -0.05) is 12.1 Å². The molecular formula is C17H28IN5O3. The summed E-state index contributed by atoms with van der Waals surface area (Å²) >= 11 is 0. The largest absolute Gasteiger partial charge is 0.357 e. The summed E-state index contributed by atoms with van der Waals surface area (Å²) in [5.41, 5.74) is 0.940. The second-order valence-electron chi connectivity index (χ2n) is 5.36. The third-order valence-electron chi connectivity index (χ3n) is 3.66. The van der Waals surface area contributed by atoms with Gasteiger partial charge in [0.25, 0.3) is 5.69 Å². The predicted octanol–water partition coefficient (Wildman–Crippen LogP) is 2.53. The predicted molar refractivity (Wildman–Crippen MR) is 114 cm³/mol. The van der Waals surface area contributed by atoms with Crippen molar-refractivity contribution in [2.45, 2.75) is 33.7 Å². The Balaban J connectivity index is 0.00000625. The zero-order valence-corrected chi connectivity index (χ0v) is 17.9. The van der Waals surface area contributed by atoms with Gasteiger partial charge >= 0.3 is 0 Å². The highest BCUT2D eigenvalue weighted by Gasteiger charge is 2.09. The van der Waals surface area contributed by atoms with Crippen LogP contribution in [-0.4, -0.2) is 47.9 Å². The fraction of sp³-hybridized carbons (Fsp3) is 0.529. The van der Waals surface area contributed by atoms with E-state index < -0.39 is 4.92 Å². The number of guanidine groups is 1. The van der Waals surface area contributed by atoms with Crippen LogP contribution in [0.1, 0.15) is 32.8 Å². The highest BCUT2D eigenvalue weighted by Crippen LogP contribution is 2.12. The zero-order valence-electron chi connectivity index (χ0n) is 15.5. The normalized spacial score (nSPS) is 10.7. The molecule has 0 bridgehead atoms. The van der Waals surface area contributed by atoms with Crippen molar-refractivity contribution in [2.75, 3.05) is 26.2 Å². The van der Waals surface area contributed by atoms with Gasteiger partial charge in [-0.2, -0.15) is 0 Å². The molecule has 1 aromatic carbocycles. The number of benzene rings is 1. The number of hydrogen-bond donors (Lipinski definition) is 2. The van der Waals surface area contributed by atoms with Crippen molar-refractivity contribution in [3.8, 4) is 0 Å². The lowest BCUT2D eigenvalue weighted by molar-refractivity contribution is -0.384. The third kappa shape index (κ3) is 8.45. The van der Waals surface area contributed by atoms with E-state index in [0.29, 0.717) is 45.1 Å². The number of nitrogens with one attached hydrogen (secondary N) is 2. The van der Waals surface area contributed by atoms with Crippen molar-refractivity contribution in [1.29, 1.82) is 0 Å².